The lowest BCUT2D eigenvalue weighted by atomic mass is 10.0. The molecule has 4 rings (SSSR count). The summed E-state index contributed by atoms with van der Waals surface area (Å²) in [5.41, 5.74) is 1.86. The van der Waals surface area contributed by atoms with E-state index in [4.69, 9.17) is 9.47 Å². The van der Waals surface area contributed by atoms with Crippen molar-refractivity contribution in [2.45, 2.75) is 19.4 Å². The van der Waals surface area contributed by atoms with Crippen molar-refractivity contribution in [3.63, 3.8) is 0 Å². The van der Waals surface area contributed by atoms with Gasteiger partial charge in [0.25, 0.3) is 0 Å². The fraction of sp³-hybridized carbons (Fsp3) is 0.261. The third-order valence-corrected chi connectivity index (χ3v) is 4.87. The number of hydrogen-bond donors (Lipinski definition) is 2. The lowest BCUT2D eigenvalue weighted by molar-refractivity contribution is -0.115. The number of amides is 1. The molecule has 3 aromatic rings. The maximum absolute atomic E-state index is 12.4. The van der Waals surface area contributed by atoms with Crippen LogP contribution in [0.25, 0.3) is 10.8 Å². The molecule has 5 nitrogen and oxygen atoms in total. The van der Waals surface area contributed by atoms with Crippen LogP contribution in [0.15, 0.2) is 60.7 Å². The lowest BCUT2D eigenvalue weighted by Gasteiger charge is -2.15. The molecule has 0 saturated carbocycles. The van der Waals surface area contributed by atoms with E-state index in [0.717, 1.165) is 17.7 Å². The summed E-state index contributed by atoms with van der Waals surface area (Å²) in [5.74, 6) is 1.30. The molecule has 1 aliphatic heterocycles. The number of nitrogens with one attached hydrogen (secondary N) is 2. The number of rotatable bonds is 5. The van der Waals surface area contributed by atoms with E-state index in [0.29, 0.717) is 24.7 Å². The Morgan fingerprint density at radius 2 is 1.75 bits per heavy atom. The van der Waals surface area contributed by atoms with Crippen LogP contribution in [0, 0.1) is 0 Å². The van der Waals surface area contributed by atoms with Gasteiger partial charge >= 0.3 is 0 Å². The van der Waals surface area contributed by atoms with Gasteiger partial charge in [-0.25, -0.2) is 0 Å². The Labute approximate surface area is 164 Å². The first-order valence-electron chi connectivity index (χ1n) is 9.60. The molecule has 0 spiro atoms. The monoisotopic (exact) mass is 376 g/mol. The maximum atomic E-state index is 12.4. The molecule has 0 aliphatic carbocycles. The number of benzene rings is 3. The van der Waals surface area contributed by atoms with Gasteiger partial charge in [0.05, 0.1) is 19.8 Å². The lowest BCUT2D eigenvalue weighted by Crippen LogP contribution is -2.30. The molecule has 1 heterocycles. The van der Waals surface area contributed by atoms with E-state index in [1.54, 1.807) is 0 Å². The van der Waals surface area contributed by atoms with E-state index < -0.39 is 0 Å². The van der Waals surface area contributed by atoms with Crippen LogP contribution in [0.5, 0.6) is 11.5 Å². The highest BCUT2D eigenvalue weighted by molar-refractivity contribution is 5.92. The van der Waals surface area contributed by atoms with E-state index in [1.165, 1.54) is 10.8 Å². The SMILES string of the molecule is C[C@@H](NCC(=O)Nc1ccc2c(c1)OCCCO2)c1ccc2ccccc2c1. The van der Waals surface area contributed by atoms with Gasteiger partial charge in [-0.1, -0.05) is 36.4 Å². The number of carbonyl (C=O) groups is 1. The number of carbonyl (C=O) groups excluding carboxylic acids is 1. The largest absolute Gasteiger partial charge is 0.490 e. The van der Waals surface area contributed by atoms with E-state index in [9.17, 15) is 4.79 Å². The van der Waals surface area contributed by atoms with Gasteiger partial charge in [0, 0.05) is 24.2 Å². The Morgan fingerprint density at radius 1 is 0.964 bits per heavy atom. The van der Waals surface area contributed by atoms with Crippen LogP contribution in [0.1, 0.15) is 24.9 Å². The zero-order chi connectivity index (χ0) is 19.3. The van der Waals surface area contributed by atoms with Gasteiger partial charge in [-0.3, -0.25) is 4.79 Å². The molecule has 0 radical (unpaired) electrons. The van der Waals surface area contributed by atoms with Crippen LogP contribution in [0.2, 0.25) is 0 Å². The van der Waals surface area contributed by atoms with E-state index >= 15 is 0 Å². The van der Waals surface area contributed by atoms with Crippen LogP contribution in [-0.4, -0.2) is 25.7 Å². The van der Waals surface area contributed by atoms with Gasteiger partial charge in [0.1, 0.15) is 0 Å². The topological polar surface area (TPSA) is 59.6 Å². The molecule has 2 N–H and O–H groups in total. The average molecular weight is 376 g/mol. The first-order valence-corrected chi connectivity index (χ1v) is 9.60. The maximum Gasteiger partial charge on any atom is 0.238 e. The highest BCUT2D eigenvalue weighted by atomic mass is 16.5. The minimum absolute atomic E-state index is 0.0686. The third-order valence-electron chi connectivity index (χ3n) is 4.87. The molecular formula is C23H24N2O3. The van der Waals surface area contributed by atoms with E-state index in [-0.39, 0.29) is 18.5 Å². The summed E-state index contributed by atoms with van der Waals surface area (Å²) in [6.07, 6.45) is 0.854. The molecule has 0 unspecified atom stereocenters. The smallest absolute Gasteiger partial charge is 0.238 e. The van der Waals surface area contributed by atoms with Crippen molar-refractivity contribution < 1.29 is 14.3 Å². The normalized spacial score (nSPS) is 14.3. The fourth-order valence-electron chi connectivity index (χ4n) is 3.29. The standard InChI is InChI=1S/C23H24N2O3/c1-16(18-8-7-17-5-2-3-6-19(17)13-18)24-15-23(26)25-20-9-10-21-22(14-20)28-12-4-11-27-21/h2-3,5-10,13-14,16,24H,4,11-12,15H2,1H3,(H,25,26)/t16-/m1/s1. The van der Waals surface area contributed by atoms with Crippen molar-refractivity contribution in [1.82, 2.24) is 5.32 Å². The summed E-state index contributed by atoms with van der Waals surface area (Å²) in [4.78, 5) is 12.4. The second-order valence-corrected chi connectivity index (χ2v) is 6.97. The van der Waals surface area contributed by atoms with Crippen molar-refractivity contribution >= 4 is 22.4 Å². The van der Waals surface area contributed by atoms with Crippen LogP contribution in [0.3, 0.4) is 0 Å². The van der Waals surface area contributed by atoms with Crippen LogP contribution >= 0.6 is 0 Å². The summed E-state index contributed by atoms with van der Waals surface area (Å²) in [6, 6.07) is 20.2. The second-order valence-electron chi connectivity index (χ2n) is 6.97. The van der Waals surface area contributed by atoms with Gasteiger partial charge in [-0.2, -0.15) is 0 Å². The molecule has 5 heteroatoms. The molecular weight excluding hydrogens is 352 g/mol. The Bertz CT molecular complexity index is 986. The van der Waals surface area contributed by atoms with Crippen LogP contribution < -0.4 is 20.1 Å². The van der Waals surface area contributed by atoms with Crippen molar-refractivity contribution in [2.75, 3.05) is 25.1 Å². The first kappa shape index (κ1) is 18.3. The molecule has 28 heavy (non-hydrogen) atoms. The minimum atomic E-state index is -0.0953. The zero-order valence-corrected chi connectivity index (χ0v) is 15.9. The van der Waals surface area contributed by atoms with Gasteiger partial charge < -0.3 is 20.1 Å². The number of fused-ring (bicyclic) bond motifs is 2. The molecule has 1 atom stereocenters. The van der Waals surface area contributed by atoms with Crippen LogP contribution in [0.4, 0.5) is 5.69 Å². The summed E-state index contributed by atoms with van der Waals surface area (Å²) in [5, 5.41) is 8.61. The molecule has 144 valence electrons. The summed E-state index contributed by atoms with van der Waals surface area (Å²) >= 11 is 0. The molecule has 3 aromatic carbocycles. The van der Waals surface area contributed by atoms with E-state index in [1.807, 2.05) is 30.3 Å². The Kier molecular flexibility index (Phi) is 5.44. The quantitative estimate of drug-likeness (QED) is 0.697. The number of ether oxygens (including phenoxy) is 2. The Balaban J connectivity index is 1.35. The number of hydrogen-bond acceptors (Lipinski definition) is 4. The van der Waals surface area contributed by atoms with Crippen LogP contribution in [-0.2, 0) is 4.79 Å². The predicted molar refractivity (Wildman–Crippen MR) is 111 cm³/mol. The fourth-order valence-corrected chi connectivity index (χ4v) is 3.29. The summed E-state index contributed by atoms with van der Waals surface area (Å²) in [7, 11) is 0. The summed E-state index contributed by atoms with van der Waals surface area (Å²) < 4.78 is 11.3. The summed E-state index contributed by atoms with van der Waals surface area (Å²) in [6.45, 7) is 3.55. The predicted octanol–water partition coefficient (Wildman–Crippen LogP) is 4.29. The molecule has 0 bridgehead atoms. The highest BCUT2D eigenvalue weighted by Gasteiger charge is 2.13. The van der Waals surface area contributed by atoms with Gasteiger partial charge in [-0.15, -0.1) is 0 Å². The first-order chi connectivity index (χ1) is 13.7. The average Bonchev–Trinajstić information content (AvgIpc) is 2.96. The van der Waals surface area contributed by atoms with Crippen molar-refractivity contribution in [2.24, 2.45) is 0 Å². The molecule has 0 fully saturated rings. The Morgan fingerprint density at radius 3 is 2.61 bits per heavy atom. The Hall–Kier alpha value is -3.05. The van der Waals surface area contributed by atoms with Gasteiger partial charge in [0.15, 0.2) is 11.5 Å². The molecule has 0 saturated heterocycles. The number of anilines is 1. The minimum Gasteiger partial charge on any atom is -0.490 e. The zero-order valence-electron chi connectivity index (χ0n) is 15.9. The molecule has 1 amide bonds. The second kappa shape index (κ2) is 8.31. The van der Waals surface area contributed by atoms with Crippen molar-refractivity contribution in [3.8, 4) is 11.5 Å². The molecule has 1 aliphatic rings. The van der Waals surface area contributed by atoms with Gasteiger partial charge in [-0.05, 0) is 41.5 Å². The molecule has 0 aromatic heterocycles. The van der Waals surface area contributed by atoms with E-state index in [2.05, 4.69) is 47.9 Å². The third kappa shape index (κ3) is 4.26. The highest BCUT2D eigenvalue weighted by Crippen LogP contribution is 2.32. The van der Waals surface area contributed by atoms with Gasteiger partial charge in [0.2, 0.25) is 5.91 Å². The van der Waals surface area contributed by atoms with Crippen molar-refractivity contribution in [3.05, 3.63) is 66.2 Å². The van der Waals surface area contributed by atoms with Crippen molar-refractivity contribution in [1.29, 1.82) is 0 Å².